The molecule has 2 heterocycles. The summed E-state index contributed by atoms with van der Waals surface area (Å²) >= 11 is 0. The molecule has 2 saturated heterocycles. The predicted molar refractivity (Wildman–Crippen MR) is 83.2 cm³/mol. The molecule has 1 saturated carbocycles. The lowest BCUT2D eigenvalue weighted by atomic mass is 9.98. The van der Waals surface area contributed by atoms with Crippen LogP contribution in [-0.2, 0) is 9.53 Å². The summed E-state index contributed by atoms with van der Waals surface area (Å²) in [5.41, 5.74) is 0. The molecule has 2 atom stereocenters. The third kappa shape index (κ3) is 3.59. The van der Waals surface area contributed by atoms with Crippen molar-refractivity contribution in [3.05, 3.63) is 0 Å². The second-order valence-electron chi connectivity index (χ2n) is 7.06. The van der Waals surface area contributed by atoms with Crippen LogP contribution >= 0.6 is 0 Å². The van der Waals surface area contributed by atoms with Gasteiger partial charge in [-0.3, -0.25) is 4.79 Å². The van der Waals surface area contributed by atoms with Crippen LogP contribution in [0.3, 0.4) is 0 Å². The highest BCUT2D eigenvalue weighted by Crippen LogP contribution is 2.29. The van der Waals surface area contributed by atoms with E-state index in [1.54, 1.807) is 0 Å². The highest BCUT2D eigenvalue weighted by Gasteiger charge is 2.38. The van der Waals surface area contributed by atoms with Gasteiger partial charge in [0.15, 0.2) is 0 Å². The molecule has 0 bridgehead atoms. The lowest BCUT2D eigenvalue weighted by molar-refractivity contribution is -0.140. The second kappa shape index (κ2) is 7.10. The normalized spacial score (nSPS) is 32.0. The summed E-state index contributed by atoms with van der Waals surface area (Å²) in [6, 6.07) is 1.01. The molecule has 0 unspecified atom stereocenters. The molecule has 1 aliphatic carbocycles. The lowest BCUT2D eigenvalue weighted by Gasteiger charge is -2.33. The van der Waals surface area contributed by atoms with Crippen LogP contribution in [0.1, 0.15) is 57.8 Å². The number of rotatable bonds is 4. The quantitative estimate of drug-likeness (QED) is 0.798. The molecule has 120 valence electrons. The molecule has 4 nitrogen and oxygen atoms in total. The molecule has 3 fully saturated rings. The van der Waals surface area contributed by atoms with E-state index in [1.165, 1.54) is 45.1 Å². The molecule has 1 amide bonds. The summed E-state index contributed by atoms with van der Waals surface area (Å²) in [6.07, 6.45) is 11.3. The van der Waals surface area contributed by atoms with E-state index in [4.69, 9.17) is 4.74 Å². The molecular formula is C17H30N2O2. The van der Waals surface area contributed by atoms with Crippen molar-refractivity contribution in [2.24, 2.45) is 0 Å². The summed E-state index contributed by atoms with van der Waals surface area (Å²) in [4.78, 5) is 17.1. The Labute approximate surface area is 128 Å². The predicted octanol–water partition coefficient (Wildman–Crippen LogP) is 2.42. The maximum absolute atomic E-state index is 12.5. The van der Waals surface area contributed by atoms with Gasteiger partial charge in [0.05, 0.1) is 6.10 Å². The van der Waals surface area contributed by atoms with Gasteiger partial charge >= 0.3 is 0 Å². The topological polar surface area (TPSA) is 32.8 Å². The van der Waals surface area contributed by atoms with E-state index in [9.17, 15) is 4.79 Å². The van der Waals surface area contributed by atoms with Gasteiger partial charge in [-0.2, -0.15) is 0 Å². The number of amides is 1. The molecule has 0 spiro atoms. The van der Waals surface area contributed by atoms with Gasteiger partial charge in [0, 0.05) is 18.6 Å². The van der Waals surface area contributed by atoms with Crippen molar-refractivity contribution in [3.63, 3.8) is 0 Å². The minimum Gasteiger partial charge on any atom is -0.368 e. The van der Waals surface area contributed by atoms with Crippen molar-refractivity contribution in [1.82, 2.24) is 9.80 Å². The van der Waals surface area contributed by atoms with E-state index in [0.717, 1.165) is 25.8 Å². The van der Waals surface area contributed by atoms with E-state index in [0.29, 0.717) is 24.8 Å². The molecule has 0 aromatic carbocycles. The monoisotopic (exact) mass is 294 g/mol. The fourth-order valence-corrected chi connectivity index (χ4v) is 4.43. The van der Waals surface area contributed by atoms with E-state index in [1.807, 2.05) is 0 Å². The van der Waals surface area contributed by atoms with Gasteiger partial charge in [0.2, 0.25) is 5.91 Å². The number of likely N-dealkylation sites (N-methyl/N-ethyl adjacent to an activating group) is 1. The Bertz CT molecular complexity index is 355. The number of ether oxygens (including phenoxy) is 1. The van der Waals surface area contributed by atoms with E-state index in [-0.39, 0.29) is 5.91 Å². The Morgan fingerprint density at radius 2 is 1.67 bits per heavy atom. The fourth-order valence-electron chi connectivity index (χ4n) is 4.43. The van der Waals surface area contributed by atoms with Gasteiger partial charge < -0.3 is 14.5 Å². The van der Waals surface area contributed by atoms with Crippen molar-refractivity contribution in [2.75, 3.05) is 26.7 Å². The zero-order chi connectivity index (χ0) is 14.7. The number of hydrogen-bond acceptors (Lipinski definition) is 3. The van der Waals surface area contributed by atoms with E-state index < -0.39 is 0 Å². The Morgan fingerprint density at radius 1 is 0.952 bits per heavy atom. The van der Waals surface area contributed by atoms with Crippen molar-refractivity contribution in [2.45, 2.75) is 76.0 Å². The van der Waals surface area contributed by atoms with Crippen molar-refractivity contribution in [3.8, 4) is 0 Å². The number of hydrogen-bond donors (Lipinski definition) is 0. The van der Waals surface area contributed by atoms with Gasteiger partial charge in [-0.15, -0.1) is 0 Å². The summed E-state index contributed by atoms with van der Waals surface area (Å²) in [7, 11) is 2.21. The largest absolute Gasteiger partial charge is 0.368 e. The molecule has 0 radical (unpaired) electrons. The van der Waals surface area contributed by atoms with Crippen LogP contribution < -0.4 is 0 Å². The zero-order valence-electron chi connectivity index (χ0n) is 13.4. The molecular weight excluding hydrogens is 264 g/mol. The van der Waals surface area contributed by atoms with Crippen molar-refractivity contribution in [1.29, 1.82) is 0 Å². The number of likely N-dealkylation sites (tertiary alicyclic amines) is 2. The lowest BCUT2D eigenvalue weighted by Crippen LogP contribution is -2.48. The molecule has 3 rings (SSSR count). The average Bonchev–Trinajstić information content (AvgIpc) is 3.14. The van der Waals surface area contributed by atoms with E-state index >= 15 is 0 Å². The highest BCUT2D eigenvalue weighted by molar-refractivity contribution is 5.78. The van der Waals surface area contributed by atoms with Crippen LogP contribution in [0.4, 0.5) is 0 Å². The van der Waals surface area contributed by atoms with Gasteiger partial charge in [0.25, 0.3) is 0 Å². The van der Waals surface area contributed by atoms with Gasteiger partial charge in [-0.25, -0.2) is 0 Å². The zero-order valence-corrected chi connectivity index (χ0v) is 13.4. The van der Waals surface area contributed by atoms with Crippen LogP contribution in [0.25, 0.3) is 0 Å². The first-order valence-corrected chi connectivity index (χ1v) is 8.87. The Hall–Kier alpha value is -0.610. The van der Waals surface area contributed by atoms with Gasteiger partial charge in [-0.1, -0.05) is 19.3 Å². The van der Waals surface area contributed by atoms with Crippen LogP contribution in [0.5, 0.6) is 0 Å². The van der Waals surface area contributed by atoms with Crippen molar-refractivity contribution >= 4 is 5.91 Å². The third-order valence-corrected chi connectivity index (χ3v) is 5.64. The van der Waals surface area contributed by atoms with E-state index in [2.05, 4.69) is 16.8 Å². The van der Waals surface area contributed by atoms with Crippen LogP contribution in [0, 0.1) is 0 Å². The first kappa shape index (κ1) is 15.3. The summed E-state index contributed by atoms with van der Waals surface area (Å²) < 4.78 is 5.89. The Kier molecular flexibility index (Phi) is 5.17. The summed E-state index contributed by atoms with van der Waals surface area (Å²) in [5, 5.41) is 0. The molecule has 2 aliphatic heterocycles. The first-order valence-electron chi connectivity index (χ1n) is 8.87. The smallest absolute Gasteiger partial charge is 0.248 e. The molecule has 0 aromatic rings. The van der Waals surface area contributed by atoms with Crippen LogP contribution in [0.15, 0.2) is 0 Å². The molecule has 4 heteroatoms. The van der Waals surface area contributed by atoms with Crippen molar-refractivity contribution < 1.29 is 9.53 Å². The SMILES string of the molecule is CN1CCC[C@@H]1[C@@H]1CCCN1C(=O)COC1CCCCC1. The Morgan fingerprint density at radius 3 is 2.38 bits per heavy atom. The van der Waals surface area contributed by atoms with Crippen LogP contribution in [0.2, 0.25) is 0 Å². The van der Waals surface area contributed by atoms with Crippen LogP contribution in [-0.4, -0.2) is 60.6 Å². The maximum Gasteiger partial charge on any atom is 0.248 e. The molecule has 3 aliphatic rings. The maximum atomic E-state index is 12.5. The third-order valence-electron chi connectivity index (χ3n) is 5.64. The highest BCUT2D eigenvalue weighted by atomic mass is 16.5. The first-order chi connectivity index (χ1) is 10.3. The molecule has 0 N–H and O–H groups in total. The minimum atomic E-state index is 0.225. The minimum absolute atomic E-state index is 0.225. The number of carbonyl (C=O) groups is 1. The number of carbonyl (C=O) groups excluding carboxylic acids is 1. The molecule has 21 heavy (non-hydrogen) atoms. The van der Waals surface area contributed by atoms with Gasteiger partial charge in [-0.05, 0) is 52.1 Å². The number of nitrogens with zero attached hydrogens (tertiary/aromatic N) is 2. The summed E-state index contributed by atoms with van der Waals surface area (Å²) in [5.74, 6) is 0.225. The fraction of sp³-hybridized carbons (Fsp3) is 0.941. The Balaban J connectivity index is 1.50. The molecule has 0 aromatic heterocycles. The summed E-state index contributed by atoms with van der Waals surface area (Å²) in [6.45, 7) is 2.42. The van der Waals surface area contributed by atoms with Gasteiger partial charge in [0.1, 0.15) is 6.61 Å². The average molecular weight is 294 g/mol. The second-order valence-corrected chi connectivity index (χ2v) is 7.06. The standard InChI is InChI=1S/C17H30N2O2/c1-18-11-5-9-15(18)16-10-6-12-19(16)17(20)13-21-14-7-3-2-4-8-14/h14-16H,2-13H2,1H3/t15-,16+/m1/s1.